The lowest BCUT2D eigenvalue weighted by Crippen LogP contribution is -2.38. The average Bonchev–Trinajstić information content (AvgIpc) is 2.41. The minimum Gasteiger partial charge on any atom is -0.370 e. The Morgan fingerprint density at radius 3 is 2.60 bits per heavy atom. The molecule has 1 atom stereocenters. The van der Waals surface area contributed by atoms with E-state index in [-0.39, 0.29) is 11.9 Å². The molecule has 1 aromatic heterocycles. The van der Waals surface area contributed by atoms with E-state index in [0.717, 1.165) is 19.4 Å². The third-order valence-corrected chi connectivity index (χ3v) is 3.37. The van der Waals surface area contributed by atoms with Gasteiger partial charge in [0.15, 0.2) is 0 Å². The maximum Gasteiger partial charge on any atom is 0.251 e. The van der Waals surface area contributed by atoms with Crippen molar-refractivity contribution in [1.29, 1.82) is 0 Å². The number of carbonyl (C=O) groups excluding carboxylic acids is 1. The first-order chi connectivity index (χ1) is 9.47. The van der Waals surface area contributed by atoms with Crippen LogP contribution in [0, 0.1) is 5.92 Å². The summed E-state index contributed by atoms with van der Waals surface area (Å²) in [5.41, 5.74) is 0.544. The van der Waals surface area contributed by atoms with Crippen LogP contribution in [-0.2, 0) is 0 Å². The monoisotopic (exact) mass is 297 g/mol. The van der Waals surface area contributed by atoms with Crippen LogP contribution >= 0.6 is 11.6 Å². The number of halogens is 1. The summed E-state index contributed by atoms with van der Waals surface area (Å²) < 4.78 is 0. The molecule has 0 radical (unpaired) electrons. The Bertz CT molecular complexity index is 449. The number of hydrogen-bond donors (Lipinski definition) is 2. The van der Waals surface area contributed by atoms with Gasteiger partial charge in [0.05, 0.1) is 0 Å². The fourth-order valence-electron chi connectivity index (χ4n) is 1.96. The molecule has 2 N–H and O–H groups in total. The topological polar surface area (TPSA) is 54.0 Å². The zero-order chi connectivity index (χ0) is 15.1. The molecule has 0 fully saturated rings. The van der Waals surface area contributed by atoms with Crippen molar-refractivity contribution in [3.05, 3.63) is 22.8 Å². The van der Waals surface area contributed by atoms with E-state index < -0.39 is 0 Å². The molecule has 4 nitrogen and oxygen atoms in total. The maximum absolute atomic E-state index is 12.3. The van der Waals surface area contributed by atoms with Gasteiger partial charge in [-0.05, 0) is 30.9 Å². The van der Waals surface area contributed by atoms with Crippen LogP contribution < -0.4 is 10.6 Å². The van der Waals surface area contributed by atoms with E-state index in [1.807, 2.05) is 0 Å². The van der Waals surface area contributed by atoms with Gasteiger partial charge in [-0.3, -0.25) is 4.79 Å². The molecule has 1 aromatic rings. The maximum atomic E-state index is 12.3. The summed E-state index contributed by atoms with van der Waals surface area (Å²) in [6, 6.07) is 3.51. The van der Waals surface area contributed by atoms with E-state index in [2.05, 4.69) is 43.3 Å². The van der Waals surface area contributed by atoms with Gasteiger partial charge in [0.2, 0.25) is 0 Å². The molecule has 0 spiro atoms. The van der Waals surface area contributed by atoms with Crippen LogP contribution in [0.3, 0.4) is 0 Å². The first kappa shape index (κ1) is 16.8. The highest BCUT2D eigenvalue weighted by Crippen LogP contribution is 2.15. The largest absolute Gasteiger partial charge is 0.370 e. The molecule has 1 unspecified atom stereocenters. The van der Waals surface area contributed by atoms with Crippen molar-refractivity contribution in [2.24, 2.45) is 5.92 Å². The number of anilines is 1. The zero-order valence-electron chi connectivity index (χ0n) is 12.7. The van der Waals surface area contributed by atoms with Gasteiger partial charge in [-0.1, -0.05) is 39.3 Å². The molecule has 0 saturated carbocycles. The van der Waals surface area contributed by atoms with Crippen LogP contribution in [0.15, 0.2) is 12.1 Å². The number of aromatic nitrogens is 1. The van der Waals surface area contributed by atoms with Gasteiger partial charge in [0.1, 0.15) is 11.0 Å². The lowest BCUT2D eigenvalue weighted by Gasteiger charge is -2.20. The Kier molecular flexibility index (Phi) is 6.79. The molecule has 0 aromatic carbocycles. The third kappa shape index (κ3) is 5.00. The summed E-state index contributed by atoms with van der Waals surface area (Å²) in [6.07, 6.45) is 1.89. The molecular formula is C15H24ClN3O. The summed E-state index contributed by atoms with van der Waals surface area (Å²) in [5.74, 6) is 0.940. The van der Waals surface area contributed by atoms with Gasteiger partial charge >= 0.3 is 0 Å². The quantitative estimate of drug-likeness (QED) is 0.754. The first-order valence-corrected chi connectivity index (χ1v) is 7.58. The SMILES string of the molecule is CCCNc1cc(C(=O)NC(CC)C(C)C)cc(Cl)n1. The highest BCUT2D eigenvalue weighted by Gasteiger charge is 2.16. The second kappa shape index (κ2) is 8.10. The van der Waals surface area contributed by atoms with E-state index in [0.29, 0.717) is 22.5 Å². The minimum absolute atomic E-state index is 0.102. The van der Waals surface area contributed by atoms with Gasteiger partial charge in [0, 0.05) is 18.2 Å². The fraction of sp³-hybridized carbons (Fsp3) is 0.600. The van der Waals surface area contributed by atoms with Crippen molar-refractivity contribution < 1.29 is 4.79 Å². The normalized spacial score (nSPS) is 12.3. The van der Waals surface area contributed by atoms with E-state index in [1.165, 1.54) is 0 Å². The van der Waals surface area contributed by atoms with Crippen molar-refractivity contribution in [3.8, 4) is 0 Å². The number of nitrogens with zero attached hydrogens (tertiary/aromatic N) is 1. The van der Waals surface area contributed by atoms with E-state index >= 15 is 0 Å². The standard InChI is InChI=1S/C15H24ClN3O/c1-5-7-17-14-9-11(8-13(16)19-14)15(20)18-12(6-2)10(3)4/h8-10,12H,5-7H2,1-4H3,(H,17,19)(H,18,20). The second-order valence-corrected chi connectivity index (χ2v) is 5.61. The second-order valence-electron chi connectivity index (χ2n) is 5.22. The lowest BCUT2D eigenvalue weighted by molar-refractivity contribution is 0.0924. The number of pyridine rings is 1. The molecule has 0 saturated heterocycles. The Morgan fingerprint density at radius 2 is 2.05 bits per heavy atom. The molecular weight excluding hydrogens is 274 g/mol. The molecule has 5 heteroatoms. The molecule has 0 aliphatic carbocycles. The molecule has 0 aliphatic heterocycles. The van der Waals surface area contributed by atoms with E-state index in [9.17, 15) is 4.79 Å². The Morgan fingerprint density at radius 1 is 1.35 bits per heavy atom. The molecule has 0 bridgehead atoms. The van der Waals surface area contributed by atoms with Crippen LogP contribution in [0.1, 0.15) is 50.9 Å². The third-order valence-electron chi connectivity index (χ3n) is 3.17. The van der Waals surface area contributed by atoms with Crippen molar-refractivity contribution in [1.82, 2.24) is 10.3 Å². The molecule has 1 amide bonds. The van der Waals surface area contributed by atoms with Crippen LogP contribution in [0.5, 0.6) is 0 Å². The Hall–Kier alpha value is -1.29. The van der Waals surface area contributed by atoms with Gasteiger partial charge in [0.25, 0.3) is 5.91 Å². The highest BCUT2D eigenvalue weighted by atomic mass is 35.5. The summed E-state index contributed by atoms with van der Waals surface area (Å²) in [4.78, 5) is 16.4. The number of rotatable bonds is 7. The van der Waals surface area contributed by atoms with Crippen molar-refractivity contribution in [2.45, 2.75) is 46.6 Å². The first-order valence-electron chi connectivity index (χ1n) is 7.20. The van der Waals surface area contributed by atoms with E-state index in [4.69, 9.17) is 11.6 Å². The summed E-state index contributed by atoms with van der Waals surface area (Å²) in [7, 11) is 0. The molecule has 1 heterocycles. The van der Waals surface area contributed by atoms with E-state index in [1.54, 1.807) is 12.1 Å². The molecule has 20 heavy (non-hydrogen) atoms. The van der Waals surface area contributed by atoms with Crippen molar-refractivity contribution in [2.75, 3.05) is 11.9 Å². The van der Waals surface area contributed by atoms with Crippen LogP contribution in [-0.4, -0.2) is 23.5 Å². The number of hydrogen-bond acceptors (Lipinski definition) is 3. The smallest absolute Gasteiger partial charge is 0.251 e. The Balaban J connectivity index is 2.84. The molecule has 0 aliphatic rings. The van der Waals surface area contributed by atoms with Crippen LogP contribution in [0.2, 0.25) is 5.15 Å². The molecule has 1 rings (SSSR count). The van der Waals surface area contributed by atoms with Gasteiger partial charge < -0.3 is 10.6 Å². The number of amides is 1. The predicted octanol–water partition coefficient (Wildman–Crippen LogP) is 3.72. The Labute approximate surface area is 126 Å². The van der Waals surface area contributed by atoms with Gasteiger partial charge in [-0.15, -0.1) is 0 Å². The summed E-state index contributed by atoms with van der Waals surface area (Å²) in [6.45, 7) is 9.14. The highest BCUT2D eigenvalue weighted by molar-refractivity contribution is 6.29. The fourth-order valence-corrected chi connectivity index (χ4v) is 2.17. The summed E-state index contributed by atoms with van der Waals surface area (Å²) in [5, 5.41) is 6.51. The lowest BCUT2D eigenvalue weighted by atomic mass is 10.0. The minimum atomic E-state index is -0.102. The van der Waals surface area contributed by atoms with Crippen LogP contribution in [0.4, 0.5) is 5.82 Å². The summed E-state index contributed by atoms with van der Waals surface area (Å²) >= 11 is 5.97. The van der Waals surface area contributed by atoms with Crippen molar-refractivity contribution >= 4 is 23.3 Å². The zero-order valence-corrected chi connectivity index (χ0v) is 13.4. The number of carbonyl (C=O) groups is 1. The molecule has 112 valence electrons. The van der Waals surface area contributed by atoms with Gasteiger partial charge in [-0.25, -0.2) is 4.98 Å². The average molecular weight is 298 g/mol. The van der Waals surface area contributed by atoms with Gasteiger partial charge in [-0.2, -0.15) is 0 Å². The van der Waals surface area contributed by atoms with Crippen molar-refractivity contribution in [3.63, 3.8) is 0 Å². The van der Waals surface area contributed by atoms with Crippen LogP contribution in [0.25, 0.3) is 0 Å². The predicted molar refractivity (Wildman–Crippen MR) is 84.4 cm³/mol. The number of nitrogens with one attached hydrogen (secondary N) is 2.